The third kappa shape index (κ3) is 1.76. The predicted octanol–water partition coefficient (Wildman–Crippen LogP) is 4.03. The molecule has 2 nitrogen and oxygen atoms in total. The molecule has 0 saturated carbocycles. The van der Waals surface area contributed by atoms with Gasteiger partial charge in [0.2, 0.25) is 0 Å². The van der Waals surface area contributed by atoms with Crippen molar-refractivity contribution in [1.29, 1.82) is 0 Å². The third-order valence-electron chi connectivity index (χ3n) is 2.60. The van der Waals surface area contributed by atoms with E-state index in [9.17, 15) is 4.79 Å². The van der Waals surface area contributed by atoms with Crippen molar-refractivity contribution in [2.24, 2.45) is 0 Å². The van der Waals surface area contributed by atoms with Gasteiger partial charge in [-0.25, -0.2) is 0 Å². The van der Waals surface area contributed by atoms with Crippen LogP contribution < -0.4 is 0 Å². The van der Waals surface area contributed by atoms with Crippen LogP contribution >= 0.6 is 11.6 Å². The standard InChI is InChI=1S/C13H11ClO2/c1-8-3-5-11(14)9(2)13(8)12-6-4-10(7-15)16-12/h3-7H,1-2H3. The molecular formula is C13H11ClO2. The zero-order valence-corrected chi connectivity index (χ0v) is 9.84. The molecule has 0 radical (unpaired) electrons. The van der Waals surface area contributed by atoms with E-state index in [1.54, 1.807) is 12.1 Å². The average molecular weight is 235 g/mol. The van der Waals surface area contributed by atoms with Crippen LogP contribution in [-0.4, -0.2) is 6.29 Å². The summed E-state index contributed by atoms with van der Waals surface area (Å²) < 4.78 is 5.41. The molecule has 2 aromatic rings. The minimum Gasteiger partial charge on any atom is -0.453 e. The van der Waals surface area contributed by atoms with E-state index in [4.69, 9.17) is 16.0 Å². The number of furan rings is 1. The van der Waals surface area contributed by atoms with Crippen LogP contribution in [0.2, 0.25) is 5.02 Å². The molecule has 0 N–H and O–H groups in total. The van der Waals surface area contributed by atoms with Crippen LogP contribution in [0.4, 0.5) is 0 Å². The van der Waals surface area contributed by atoms with Gasteiger partial charge in [-0.05, 0) is 43.2 Å². The van der Waals surface area contributed by atoms with Crippen molar-refractivity contribution in [1.82, 2.24) is 0 Å². The molecule has 0 spiro atoms. The largest absolute Gasteiger partial charge is 0.453 e. The second-order valence-electron chi connectivity index (χ2n) is 3.68. The third-order valence-corrected chi connectivity index (χ3v) is 3.01. The molecule has 0 aliphatic heterocycles. The van der Waals surface area contributed by atoms with Gasteiger partial charge in [0.1, 0.15) is 5.76 Å². The Balaban J connectivity index is 2.63. The number of hydrogen-bond acceptors (Lipinski definition) is 2. The van der Waals surface area contributed by atoms with Crippen molar-refractivity contribution in [2.45, 2.75) is 13.8 Å². The molecule has 1 aromatic carbocycles. The highest BCUT2D eigenvalue weighted by Gasteiger charge is 2.12. The lowest BCUT2D eigenvalue weighted by Gasteiger charge is -2.08. The van der Waals surface area contributed by atoms with Crippen LogP contribution in [0.25, 0.3) is 11.3 Å². The van der Waals surface area contributed by atoms with E-state index in [0.717, 1.165) is 16.7 Å². The van der Waals surface area contributed by atoms with Gasteiger partial charge in [0.25, 0.3) is 0 Å². The van der Waals surface area contributed by atoms with Gasteiger partial charge in [-0.1, -0.05) is 17.7 Å². The maximum Gasteiger partial charge on any atom is 0.185 e. The zero-order chi connectivity index (χ0) is 11.7. The van der Waals surface area contributed by atoms with Crippen LogP contribution in [0.1, 0.15) is 21.7 Å². The van der Waals surface area contributed by atoms with Crippen molar-refractivity contribution in [3.8, 4) is 11.3 Å². The van der Waals surface area contributed by atoms with Crippen LogP contribution in [0.15, 0.2) is 28.7 Å². The lowest BCUT2D eigenvalue weighted by molar-refractivity contribution is 0.110. The molecule has 0 aliphatic carbocycles. The van der Waals surface area contributed by atoms with E-state index in [2.05, 4.69) is 0 Å². The predicted molar refractivity (Wildman–Crippen MR) is 64.0 cm³/mol. The first kappa shape index (κ1) is 11.0. The Kier molecular flexibility index (Phi) is 2.84. The van der Waals surface area contributed by atoms with Crippen LogP contribution in [0, 0.1) is 13.8 Å². The quantitative estimate of drug-likeness (QED) is 0.735. The summed E-state index contributed by atoms with van der Waals surface area (Å²) in [5.74, 6) is 1.01. The van der Waals surface area contributed by atoms with E-state index < -0.39 is 0 Å². The van der Waals surface area contributed by atoms with E-state index in [0.29, 0.717) is 22.8 Å². The Bertz CT molecular complexity index is 541. The summed E-state index contributed by atoms with van der Waals surface area (Å²) >= 11 is 6.07. The number of carbonyl (C=O) groups is 1. The molecule has 0 aliphatic rings. The monoisotopic (exact) mass is 234 g/mol. The summed E-state index contributed by atoms with van der Waals surface area (Å²) in [5.41, 5.74) is 3.00. The fourth-order valence-electron chi connectivity index (χ4n) is 1.75. The summed E-state index contributed by atoms with van der Waals surface area (Å²) in [4.78, 5) is 10.6. The highest BCUT2D eigenvalue weighted by molar-refractivity contribution is 6.31. The smallest absolute Gasteiger partial charge is 0.185 e. The van der Waals surface area contributed by atoms with E-state index in [1.807, 2.05) is 26.0 Å². The van der Waals surface area contributed by atoms with Crippen LogP contribution in [0.5, 0.6) is 0 Å². The fourth-order valence-corrected chi connectivity index (χ4v) is 1.91. The summed E-state index contributed by atoms with van der Waals surface area (Å²) in [6.45, 7) is 3.93. The van der Waals surface area contributed by atoms with Gasteiger partial charge in [0, 0.05) is 10.6 Å². The fraction of sp³-hybridized carbons (Fsp3) is 0.154. The summed E-state index contributed by atoms with van der Waals surface area (Å²) in [6.07, 6.45) is 0.693. The molecule has 0 saturated heterocycles. The first-order valence-electron chi connectivity index (χ1n) is 4.94. The first-order valence-corrected chi connectivity index (χ1v) is 5.32. The van der Waals surface area contributed by atoms with Crippen molar-refractivity contribution in [3.63, 3.8) is 0 Å². The van der Waals surface area contributed by atoms with Gasteiger partial charge in [0.05, 0.1) is 0 Å². The molecule has 0 atom stereocenters. The number of hydrogen-bond donors (Lipinski definition) is 0. The van der Waals surface area contributed by atoms with Crippen molar-refractivity contribution >= 4 is 17.9 Å². The Morgan fingerprint density at radius 1 is 1.19 bits per heavy atom. The summed E-state index contributed by atoms with van der Waals surface area (Å²) in [6, 6.07) is 7.24. The second-order valence-corrected chi connectivity index (χ2v) is 4.09. The summed E-state index contributed by atoms with van der Waals surface area (Å²) in [5, 5.41) is 0.699. The molecule has 1 heterocycles. The maximum atomic E-state index is 10.6. The van der Waals surface area contributed by atoms with Gasteiger partial charge < -0.3 is 4.42 Å². The van der Waals surface area contributed by atoms with E-state index in [1.165, 1.54) is 0 Å². The van der Waals surface area contributed by atoms with Gasteiger partial charge in [-0.3, -0.25) is 4.79 Å². The summed E-state index contributed by atoms with van der Waals surface area (Å²) in [7, 11) is 0. The lowest BCUT2D eigenvalue weighted by atomic mass is 10.0. The van der Waals surface area contributed by atoms with Crippen molar-refractivity contribution in [3.05, 3.63) is 46.2 Å². The van der Waals surface area contributed by atoms with E-state index >= 15 is 0 Å². The molecule has 0 amide bonds. The number of halogens is 1. The van der Waals surface area contributed by atoms with Crippen LogP contribution in [0.3, 0.4) is 0 Å². The molecule has 2 rings (SSSR count). The molecule has 82 valence electrons. The SMILES string of the molecule is Cc1ccc(Cl)c(C)c1-c1ccc(C=O)o1. The highest BCUT2D eigenvalue weighted by atomic mass is 35.5. The highest BCUT2D eigenvalue weighted by Crippen LogP contribution is 2.32. The molecule has 0 fully saturated rings. The Hall–Kier alpha value is -1.54. The molecule has 0 unspecified atom stereocenters. The number of benzene rings is 1. The Labute approximate surface area is 98.8 Å². The van der Waals surface area contributed by atoms with E-state index in [-0.39, 0.29) is 0 Å². The molecule has 16 heavy (non-hydrogen) atoms. The number of carbonyl (C=O) groups excluding carboxylic acids is 1. The number of aryl methyl sites for hydroxylation is 1. The Morgan fingerprint density at radius 2 is 1.94 bits per heavy atom. The van der Waals surface area contributed by atoms with Crippen molar-refractivity contribution in [2.75, 3.05) is 0 Å². The molecule has 0 bridgehead atoms. The number of aldehydes is 1. The first-order chi connectivity index (χ1) is 7.63. The minimum atomic E-state index is 0.328. The molecule has 3 heteroatoms. The van der Waals surface area contributed by atoms with Gasteiger partial charge in [-0.2, -0.15) is 0 Å². The Morgan fingerprint density at radius 3 is 2.56 bits per heavy atom. The minimum absolute atomic E-state index is 0.328. The van der Waals surface area contributed by atoms with Gasteiger partial charge in [-0.15, -0.1) is 0 Å². The van der Waals surface area contributed by atoms with Crippen LogP contribution in [-0.2, 0) is 0 Å². The topological polar surface area (TPSA) is 30.2 Å². The second kappa shape index (κ2) is 4.14. The van der Waals surface area contributed by atoms with Gasteiger partial charge in [0.15, 0.2) is 12.0 Å². The zero-order valence-electron chi connectivity index (χ0n) is 9.08. The normalized spacial score (nSPS) is 10.4. The number of rotatable bonds is 2. The average Bonchev–Trinajstić information content (AvgIpc) is 2.73. The van der Waals surface area contributed by atoms with Gasteiger partial charge >= 0.3 is 0 Å². The lowest BCUT2D eigenvalue weighted by Crippen LogP contribution is -1.87. The molecule has 1 aromatic heterocycles. The van der Waals surface area contributed by atoms with Crippen molar-refractivity contribution < 1.29 is 9.21 Å². The maximum absolute atomic E-state index is 10.6. The molecular weight excluding hydrogens is 224 g/mol.